The summed E-state index contributed by atoms with van der Waals surface area (Å²) >= 11 is 0. The maximum absolute atomic E-state index is 12.9. The van der Waals surface area contributed by atoms with Gasteiger partial charge in [-0.1, -0.05) is 12.1 Å². The Balaban J connectivity index is 1.62. The average molecular weight is 412 g/mol. The first-order valence-corrected chi connectivity index (χ1v) is 10.1. The van der Waals surface area contributed by atoms with Gasteiger partial charge in [0.2, 0.25) is 11.8 Å². The molecule has 1 atom stereocenters. The van der Waals surface area contributed by atoms with Gasteiger partial charge in [0.1, 0.15) is 17.4 Å². The number of rotatable bonds is 6. The third-order valence-electron chi connectivity index (χ3n) is 5.18. The summed E-state index contributed by atoms with van der Waals surface area (Å²) in [5.74, 6) is 2.25. The Bertz CT molecular complexity index is 872. The molecule has 0 spiro atoms. The molecule has 2 aromatic rings. The summed E-state index contributed by atoms with van der Waals surface area (Å²) in [7, 11) is 1.60. The zero-order chi connectivity index (χ0) is 21.7. The summed E-state index contributed by atoms with van der Waals surface area (Å²) in [6, 6.07) is 9.03. The average Bonchev–Trinajstić information content (AvgIpc) is 2.72. The standard InChI is InChI=1S/C22H29N5O3/c1-15-13-21(24-16(2)23-15)26-9-11-27(12-10-26)22(29)14-20(25-17(3)28)18-5-7-19(30-4)8-6-18/h5-8,13,20H,9-12,14H2,1-4H3,(H,25,28). The number of piperazine rings is 1. The summed E-state index contributed by atoms with van der Waals surface area (Å²) in [6.45, 7) is 7.99. The Morgan fingerprint density at radius 1 is 1.10 bits per heavy atom. The highest BCUT2D eigenvalue weighted by molar-refractivity contribution is 5.79. The van der Waals surface area contributed by atoms with Gasteiger partial charge in [0.25, 0.3) is 0 Å². The fourth-order valence-electron chi connectivity index (χ4n) is 3.68. The van der Waals surface area contributed by atoms with E-state index in [-0.39, 0.29) is 24.3 Å². The van der Waals surface area contributed by atoms with E-state index >= 15 is 0 Å². The number of amides is 2. The van der Waals surface area contributed by atoms with Gasteiger partial charge < -0.3 is 19.9 Å². The van der Waals surface area contributed by atoms with E-state index in [1.807, 2.05) is 49.1 Å². The zero-order valence-electron chi connectivity index (χ0n) is 18.0. The number of hydrogen-bond donors (Lipinski definition) is 1. The number of carbonyl (C=O) groups is 2. The van der Waals surface area contributed by atoms with Crippen LogP contribution in [0, 0.1) is 13.8 Å². The largest absolute Gasteiger partial charge is 0.497 e. The molecule has 0 radical (unpaired) electrons. The van der Waals surface area contributed by atoms with Crippen LogP contribution in [0.3, 0.4) is 0 Å². The van der Waals surface area contributed by atoms with Gasteiger partial charge in [0.05, 0.1) is 19.6 Å². The van der Waals surface area contributed by atoms with Crippen LogP contribution in [-0.2, 0) is 9.59 Å². The molecule has 0 saturated carbocycles. The lowest BCUT2D eigenvalue weighted by Gasteiger charge is -2.36. The second kappa shape index (κ2) is 9.56. The van der Waals surface area contributed by atoms with Crippen LogP contribution in [0.2, 0.25) is 0 Å². The van der Waals surface area contributed by atoms with Crippen molar-refractivity contribution < 1.29 is 14.3 Å². The molecule has 1 aromatic carbocycles. The SMILES string of the molecule is COc1ccc(C(CC(=O)N2CCN(c3cc(C)nc(C)n3)CC2)NC(C)=O)cc1. The fraction of sp³-hybridized carbons (Fsp3) is 0.455. The lowest BCUT2D eigenvalue weighted by Crippen LogP contribution is -2.49. The van der Waals surface area contributed by atoms with Gasteiger partial charge in [-0.2, -0.15) is 0 Å². The molecule has 1 N–H and O–H groups in total. The van der Waals surface area contributed by atoms with E-state index in [4.69, 9.17) is 4.74 Å². The molecule has 1 fully saturated rings. The second-order valence-corrected chi connectivity index (χ2v) is 7.51. The fourth-order valence-corrected chi connectivity index (χ4v) is 3.68. The molecule has 1 aromatic heterocycles. The van der Waals surface area contributed by atoms with E-state index in [1.165, 1.54) is 6.92 Å². The first-order valence-electron chi connectivity index (χ1n) is 10.1. The van der Waals surface area contributed by atoms with Crippen molar-refractivity contribution in [2.24, 2.45) is 0 Å². The van der Waals surface area contributed by atoms with Gasteiger partial charge in [0, 0.05) is 44.9 Å². The maximum Gasteiger partial charge on any atom is 0.225 e. The number of nitrogens with one attached hydrogen (secondary N) is 1. The summed E-state index contributed by atoms with van der Waals surface area (Å²) in [5, 5.41) is 2.90. The number of hydrogen-bond acceptors (Lipinski definition) is 6. The van der Waals surface area contributed by atoms with Crippen LogP contribution in [-0.4, -0.2) is 60.0 Å². The van der Waals surface area contributed by atoms with Crippen molar-refractivity contribution >= 4 is 17.6 Å². The molecule has 1 unspecified atom stereocenters. The number of methoxy groups -OCH3 is 1. The van der Waals surface area contributed by atoms with Crippen LogP contribution in [0.4, 0.5) is 5.82 Å². The van der Waals surface area contributed by atoms with E-state index in [2.05, 4.69) is 20.2 Å². The van der Waals surface area contributed by atoms with E-state index in [9.17, 15) is 9.59 Å². The zero-order valence-corrected chi connectivity index (χ0v) is 18.0. The summed E-state index contributed by atoms with van der Waals surface area (Å²) < 4.78 is 5.19. The highest BCUT2D eigenvalue weighted by Crippen LogP contribution is 2.22. The molecule has 1 saturated heterocycles. The lowest BCUT2D eigenvalue weighted by molar-refractivity contribution is -0.132. The van der Waals surface area contributed by atoms with Gasteiger partial charge in [-0.05, 0) is 31.5 Å². The van der Waals surface area contributed by atoms with Crippen LogP contribution in [0.1, 0.15) is 36.5 Å². The van der Waals surface area contributed by atoms with Crippen LogP contribution >= 0.6 is 0 Å². The van der Waals surface area contributed by atoms with Gasteiger partial charge in [-0.25, -0.2) is 9.97 Å². The number of carbonyl (C=O) groups excluding carboxylic acids is 2. The number of anilines is 1. The topological polar surface area (TPSA) is 87.7 Å². The van der Waals surface area contributed by atoms with Gasteiger partial charge in [0.15, 0.2) is 0 Å². The molecule has 160 valence electrons. The number of ether oxygens (including phenoxy) is 1. The number of aryl methyl sites for hydroxylation is 2. The third kappa shape index (κ3) is 5.46. The molecule has 0 aliphatic carbocycles. The van der Waals surface area contributed by atoms with Gasteiger partial charge >= 0.3 is 0 Å². The van der Waals surface area contributed by atoms with Gasteiger partial charge in [-0.15, -0.1) is 0 Å². The first-order chi connectivity index (χ1) is 14.4. The molecule has 1 aliphatic heterocycles. The highest BCUT2D eigenvalue weighted by atomic mass is 16.5. The molecule has 8 heteroatoms. The minimum absolute atomic E-state index is 0.0271. The molecule has 2 amide bonds. The summed E-state index contributed by atoms with van der Waals surface area (Å²) in [4.78, 5) is 37.5. The molecule has 3 rings (SSSR count). The molecule has 30 heavy (non-hydrogen) atoms. The molecule has 8 nitrogen and oxygen atoms in total. The Hall–Kier alpha value is -3.16. The van der Waals surface area contributed by atoms with Crippen LogP contribution in [0.5, 0.6) is 5.75 Å². The minimum atomic E-state index is -0.369. The number of aromatic nitrogens is 2. The molecule has 2 heterocycles. The summed E-state index contributed by atoms with van der Waals surface area (Å²) in [6.07, 6.45) is 0.220. The second-order valence-electron chi connectivity index (χ2n) is 7.51. The van der Waals surface area contributed by atoms with E-state index < -0.39 is 0 Å². The minimum Gasteiger partial charge on any atom is -0.497 e. The first kappa shape index (κ1) is 21.5. The summed E-state index contributed by atoms with van der Waals surface area (Å²) in [5.41, 5.74) is 1.82. The van der Waals surface area contributed by atoms with Crippen molar-refractivity contribution in [2.45, 2.75) is 33.2 Å². The van der Waals surface area contributed by atoms with Gasteiger partial charge in [-0.3, -0.25) is 9.59 Å². The molecule has 1 aliphatic rings. The molecular formula is C22H29N5O3. The van der Waals surface area contributed by atoms with Crippen molar-refractivity contribution in [3.05, 3.63) is 47.4 Å². The molecular weight excluding hydrogens is 382 g/mol. The smallest absolute Gasteiger partial charge is 0.225 e. The Labute approximate surface area is 177 Å². The van der Waals surface area contributed by atoms with Crippen LogP contribution < -0.4 is 15.0 Å². The van der Waals surface area contributed by atoms with E-state index in [1.54, 1.807) is 7.11 Å². The number of nitrogens with zero attached hydrogens (tertiary/aromatic N) is 4. The predicted molar refractivity (Wildman–Crippen MR) is 114 cm³/mol. The van der Waals surface area contributed by atoms with Crippen molar-refractivity contribution in [1.82, 2.24) is 20.2 Å². The Morgan fingerprint density at radius 2 is 1.77 bits per heavy atom. The third-order valence-corrected chi connectivity index (χ3v) is 5.18. The van der Waals surface area contributed by atoms with Crippen LogP contribution in [0.15, 0.2) is 30.3 Å². The molecule has 0 bridgehead atoms. The van der Waals surface area contributed by atoms with Crippen molar-refractivity contribution in [2.75, 3.05) is 38.2 Å². The van der Waals surface area contributed by atoms with E-state index in [0.29, 0.717) is 13.1 Å². The normalized spacial score (nSPS) is 14.9. The van der Waals surface area contributed by atoms with Crippen molar-refractivity contribution in [3.63, 3.8) is 0 Å². The number of benzene rings is 1. The van der Waals surface area contributed by atoms with Crippen molar-refractivity contribution in [3.8, 4) is 5.75 Å². The van der Waals surface area contributed by atoms with Crippen molar-refractivity contribution in [1.29, 1.82) is 0 Å². The van der Waals surface area contributed by atoms with Crippen LogP contribution in [0.25, 0.3) is 0 Å². The lowest BCUT2D eigenvalue weighted by atomic mass is 10.0. The quantitative estimate of drug-likeness (QED) is 0.783. The Morgan fingerprint density at radius 3 is 2.33 bits per heavy atom. The highest BCUT2D eigenvalue weighted by Gasteiger charge is 2.25. The predicted octanol–water partition coefficient (Wildman–Crippen LogP) is 2.02. The Kier molecular flexibility index (Phi) is 6.87. The maximum atomic E-state index is 12.9. The van der Waals surface area contributed by atoms with E-state index in [0.717, 1.165) is 41.7 Å². The monoisotopic (exact) mass is 411 g/mol.